The summed E-state index contributed by atoms with van der Waals surface area (Å²) in [6.07, 6.45) is 5.23. The Morgan fingerprint density at radius 1 is 1.25 bits per heavy atom. The van der Waals surface area contributed by atoms with E-state index >= 15 is 0 Å². The first-order valence-electron chi connectivity index (χ1n) is 5.14. The zero-order valence-corrected chi connectivity index (χ0v) is 8.42. The van der Waals surface area contributed by atoms with E-state index in [0.29, 0.717) is 12.5 Å². The van der Waals surface area contributed by atoms with Crippen molar-refractivity contribution in [3.05, 3.63) is 0 Å². The summed E-state index contributed by atoms with van der Waals surface area (Å²) < 4.78 is 0. The number of unbranched alkanes of at least 4 members (excludes halogenated alkanes) is 1. The van der Waals surface area contributed by atoms with Crippen molar-refractivity contribution in [1.82, 2.24) is 0 Å². The van der Waals surface area contributed by atoms with E-state index in [1.54, 1.807) is 0 Å². The van der Waals surface area contributed by atoms with Gasteiger partial charge in [0.25, 0.3) is 0 Å². The predicted octanol–water partition coefficient (Wildman–Crippen LogP) is 1.91. The Morgan fingerprint density at radius 3 is 2.33 bits per heavy atom. The van der Waals surface area contributed by atoms with Crippen LogP contribution >= 0.6 is 0 Å². The van der Waals surface area contributed by atoms with Crippen LogP contribution in [0.4, 0.5) is 0 Å². The van der Waals surface area contributed by atoms with Crippen molar-refractivity contribution >= 4 is 0 Å². The monoisotopic (exact) mass is 173 g/mol. The lowest BCUT2D eigenvalue weighted by molar-refractivity contribution is 0.0925. The molecule has 0 saturated carbocycles. The van der Waals surface area contributed by atoms with Crippen LogP contribution in [0.5, 0.6) is 0 Å². The van der Waals surface area contributed by atoms with E-state index in [0.717, 1.165) is 19.3 Å². The van der Waals surface area contributed by atoms with Crippen molar-refractivity contribution < 1.29 is 5.11 Å². The molecule has 0 saturated heterocycles. The van der Waals surface area contributed by atoms with Crippen LogP contribution in [0.3, 0.4) is 0 Å². The van der Waals surface area contributed by atoms with Gasteiger partial charge in [0.2, 0.25) is 0 Å². The van der Waals surface area contributed by atoms with Gasteiger partial charge in [-0.15, -0.1) is 0 Å². The number of rotatable bonds is 7. The molecule has 0 rings (SSSR count). The number of aliphatic hydroxyl groups is 1. The second-order valence-corrected chi connectivity index (χ2v) is 3.46. The van der Waals surface area contributed by atoms with E-state index in [9.17, 15) is 5.11 Å². The van der Waals surface area contributed by atoms with Gasteiger partial charge in [-0.3, -0.25) is 0 Å². The summed E-state index contributed by atoms with van der Waals surface area (Å²) in [7, 11) is 0. The van der Waals surface area contributed by atoms with E-state index in [4.69, 9.17) is 5.73 Å². The second kappa shape index (κ2) is 7.56. The largest absolute Gasteiger partial charge is 0.393 e. The lowest BCUT2D eigenvalue weighted by Crippen LogP contribution is -2.23. The molecule has 0 aliphatic rings. The van der Waals surface area contributed by atoms with E-state index < -0.39 is 0 Å². The van der Waals surface area contributed by atoms with Gasteiger partial charge in [-0.1, -0.05) is 33.1 Å². The molecule has 0 radical (unpaired) electrons. The third-order valence-corrected chi connectivity index (χ3v) is 2.46. The number of hydrogen-bond donors (Lipinski definition) is 2. The molecule has 12 heavy (non-hydrogen) atoms. The molecule has 2 atom stereocenters. The van der Waals surface area contributed by atoms with Crippen LogP contribution in [0.1, 0.15) is 46.0 Å². The van der Waals surface area contributed by atoms with Crippen LogP contribution in [0.2, 0.25) is 0 Å². The molecule has 0 spiro atoms. The molecule has 0 amide bonds. The molecule has 3 N–H and O–H groups in total. The molecule has 0 aromatic heterocycles. The fourth-order valence-corrected chi connectivity index (χ4v) is 1.54. The zero-order valence-electron chi connectivity index (χ0n) is 8.42. The number of aliphatic hydroxyl groups excluding tert-OH is 1. The van der Waals surface area contributed by atoms with Crippen LogP contribution in [0.25, 0.3) is 0 Å². The Bertz CT molecular complexity index is 95.8. The molecule has 2 unspecified atom stereocenters. The first-order valence-corrected chi connectivity index (χ1v) is 5.14. The smallest absolute Gasteiger partial charge is 0.0580 e. The minimum atomic E-state index is -0.174. The van der Waals surface area contributed by atoms with Crippen molar-refractivity contribution in [1.29, 1.82) is 0 Å². The van der Waals surface area contributed by atoms with Gasteiger partial charge in [0.05, 0.1) is 6.10 Å². The molecule has 0 heterocycles. The SMILES string of the molecule is CCCCC(CC)C(O)CCN. The highest BCUT2D eigenvalue weighted by Crippen LogP contribution is 2.18. The van der Waals surface area contributed by atoms with Crippen LogP contribution in [0, 0.1) is 5.92 Å². The van der Waals surface area contributed by atoms with Gasteiger partial charge < -0.3 is 10.8 Å². The summed E-state index contributed by atoms with van der Waals surface area (Å²) in [6.45, 7) is 4.92. The zero-order chi connectivity index (χ0) is 9.40. The fourth-order valence-electron chi connectivity index (χ4n) is 1.54. The molecule has 0 aromatic rings. The van der Waals surface area contributed by atoms with Gasteiger partial charge in [0.15, 0.2) is 0 Å². The Balaban J connectivity index is 3.62. The Hall–Kier alpha value is -0.0800. The van der Waals surface area contributed by atoms with Crippen LogP contribution in [-0.2, 0) is 0 Å². The topological polar surface area (TPSA) is 46.2 Å². The average Bonchev–Trinajstić information content (AvgIpc) is 2.06. The van der Waals surface area contributed by atoms with Gasteiger partial charge in [-0.05, 0) is 25.3 Å². The molecule has 74 valence electrons. The third kappa shape index (κ3) is 4.73. The molecule has 0 fully saturated rings. The van der Waals surface area contributed by atoms with Gasteiger partial charge in [0, 0.05) is 0 Å². The molecular formula is C10H23NO. The molecule has 0 aliphatic carbocycles. The first-order chi connectivity index (χ1) is 5.76. The maximum atomic E-state index is 9.66. The molecule has 2 heteroatoms. The standard InChI is InChI=1S/C10H23NO/c1-3-5-6-9(4-2)10(12)7-8-11/h9-10,12H,3-8,11H2,1-2H3. The minimum Gasteiger partial charge on any atom is -0.393 e. The lowest BCUT2D eigenvalue weighted by atomic mass is 9.92. The predicted molar refractivity (Wildman–Crippen MR) is 53.0 cm³/mol. The second-order valence-electron chi connectivity index (χ2n) is 3.46. The highest BCUT2D eigenvalue weighted by atomic mass is 16.3. The maximum absolute atomic E-state index is 9.66. The van der Waals surface area contributed by atoms with Gasteiger partial charge in [0.1, 0.15) is 0 Å². The molecule has 0 bridgehead atoms. The molecule has 2 nitrogen and oxygen atoms in total. The summed E-state index contributed by atoms with van der Waals surface area (Å²) in [4.78, 5) is 0. The summed E-state index contributed by atoms with van der Waals surface area (Å²) in [5, 5.41) is 9.66. The number of nitrogens with two attached hydrogens (primary N) is 1. The van der Waals surface area contributed by atoms with E-state index in [2.05, 4.69) is 13.8 Å². The van der Waals surface area contributed by atoms with Crippen LogP contribution < -0.4 is 5.73 Å². The molecule has 0 aromatic carbocycles. The van der Waals surface area contributed by atoms with Crippen molar-refractivity contribution in [3.8, 4) is 0 Å². The van der Waals surface area contributed by atoms with Gasteiger partial charge in [-0.25, -0.2) is 0 Å². The Morgan fingerprint density at radius 2 is 1.92 bits per heavy atom. The highest BCUT2D eigenvalue weighted by Gasteiger charge is 2.15. The molecular weight excluding hydrogens is 150 g/mol. The number of hydrogen-bond acceptors (Lipinski definition) is 2. The Labute approximate surface area is 76.2 Å². The van der Waals surface area contributed by atoms with E-state index in [1.165, 1.54) is 12.8 Å². The van der Waals surface area contributed by atoms with Crippen molar-refractivity contribution in [3.63, 3.8) is 0 Å². The Kier molecular flexibility index (Phi) is 7.51. The minimum absolute atomic E-state index is 0.174. The first kappa shape index (κ1) is 11.9. The summed E-state index contributed by atoms with van der Waals surface area (Å²) >= 11 is 0. The normalized spacial score (nSPS) is 16.0. The van der Waals surface area contributed by atoms with Crippen LogP contribution in [-0.4, -0.2) is 17.8 Å². The summed E-state index contributed by atoms with van der Waals surface area (Å²) in [6, 6.07) is 0. The van der Waals surface area contributed by atoms with Gasteiger partial charge in [-0.2, -0.15) is 0 Å². The third-order valence-electron chi connectivity index (χ3n) is 2.46. The highest BCUT2D eigenvalue weighted by molar-refractivity contribution is 4.67. The summed E-state index contributed by atoms with van der Waals surface area (Å²) in [5.41, 5.74) is 5.39. The van der Waals surface area contributed by atoms with E-state index in [-0.39, 0.29) is 6.10 Å². The lowest BCUT2D eigenvalue weighted by Gasteiger charge is -2.20. The quantitative estimate of drug-likeness (QED) is 0.618. The van der Waals surface area contributed by atoms with E-state index in [1.807, 2.05) is 0 Å². The fraction of sp³-hybridized carbons (Fsp3) is 1.00. The summed E-state index contributed by atoms with van der Waals surface area (Å²) in [5.74, 6) is 0.466. The average molecular weight is 173 g/mol. The molecule has 0 aliphatic heterocycles. The van der Waals surface area contributed by atoms with Crippen LogP contribution in [0.15, 0.2) is 0 Å². The van der Waals surface area contributed by atoms with Crippen molar-refractivity contribution in [2.75, 3.05) is 6.54 Å². The van der Waals surface area contributed by atoms with Crippen molar-refractivity contribution in [2.45, 2.75) is 52.1 Å². The van der Waals surface area contributed by atoms with Gasteiger partial charge >= 0.3 is 0 Å². The maximum Gasteiger partial charge on any atom is 0.0580 e. The van der Waals surface area contributed by atoms with Crippen molar-refractivity contribution in [2.24, 2.45) is 11.7 Å².